The Bertz CT molecular complexity index is 486. The van der Waals surface area contributed by atoms with Crippen molar-refractivity contribution in [3.63, 3.8) is 0 Å². The SMILES string of the molecule is CCCCOC(=O)OCCCC(C)OC(=O)c1ccc(Cl)cc1. The monoisotopic (exact) mass is 342 g/mol. The number of unbranched alkanes of at least 4 members (excludes halogenated alkanes) is 1. The van der Waals surface area contributed by atoms with Crippen LogP contribution in [-0.2, 0) is 14.2 Å². The van der Waals surface area contributed by atoms with Gasteiger partial charge in [0.1, 0.15) is 0 Å². The molecule has 0 radical (unpaired) electrons. The summed E-state index contributed by atoms with van der Waals surface area (Å²) in [6.07, 6.45) is 2.07. The number of carbonyl (C=O) groups is 2. The zero-order chi connectivity index (χ0) is 17.1. The van der Waals surface area contributed by atoms with Crippen LogP contribution in [0.15, 0.2) is 24.3 Å². The second kappa shape index (κ2) is 10.9. The highest BCUT2D eigenvalue weighted by atomic mass is 35.5. The van der Waals surface area contributed by atoms with E-state index in [9.17, 15) is 9.59 Å². The third-order valence-electron chi connectivity index (χ3n) is 3.08. The quantitative estimate of drug-likeness (QED) is 0.484. The lowest BCUT2D eigenvalue weighted by molar-refractivity contribution is 0.0270. The van der Waals surface area contributed by atoms with E-state index in [1.165, 1.54) is 0 Å². The fourth-order valence-electron chi connectivity index (χ4n) is 1.76. The number of halogens is 1. The van der Waals surface area contributed by atoms with E-state index in [1.54, 1.807) is 31.2 Å². The maximum absolute atomic E-state index is 11.9. The average molecular weight is 343 g/mol. The van der Waals surface area contributed by atoms with Crippen molar-refractivity contribution in [1.82, 2.24) is 0 Å². The van der Waals surface area contributed by atoms with Gasteiger partial charge in [-0.25, -0.2) is 9.59 Å². The molecule has 0 aromatic heterocycles. The van der Waals surface area contributed by atoms with Gasteiger partial charge in [0.15, 0.2) is 0 Å². The van der Waals surface area contributed by atoms with Crippen LogP contribution >= 0.6 is 11.6 Å². The Hall–Kier alpha value is -1.75. The van der Waals surface area contributed by atoms with Gasteiger partial charge in [0, 0.05) is 5.02 Å². The summed E-state index contributed by atoms with van der Waals surface area (Å²) in [6, 6.07) is 6.52. The molecule has 5 nitrogen and oxygen atoms in total. The molecule has 0 amide bonds. The van der Waals surface area contributed by atoms with Gasteiger partial charge in [-0.1, -0.05) is 24.9 Å². The summed E-state index contributed by atoms with van der Waals surface area (Å²) in [6.45, 7) is 4.44. The van der Waals surface area contributed by atoms with Crippen LogP contribution in [0.1, 0.15) is 49.9 Å². The van der Waals surface area contributed by atoms with Gasteiger partial charge in [-0.15, -0.1) is 0 Å². The van der Waals surface area contributed by atoms with Crippen molar-refractivity contribution in [1.29, 1.82) is 0 Å². The molecule has 128 valence electrons. The first-order chi connectivity index (χ1) is 11.0. The smallest absolute Gasteiger partial charge is 0.459 e. The van der Waals surface area contributed by atoms with E-state index in [1.807, 2.05) is 6.92 Å². The van der Waals surface area contributed by atoms with Crippen molar-refractivity contribution in [2.24, 2.45) is 0 Å². The molecule has 0 N–H and O–H groups in total. The lowest BCUT2D eigenvalue weighted by atomic mass is 10.2. The predicted octanol–water partition coefficient (Wildman–Crippen LogP) is 4.62. The van der Waals surface area contributed by atoms with E-state index in [0.29, 0.717) is 30.0 Å². The molecule has 0 saturated carbocycles. The van der Waals surface area contributed by atoms with Crippen molar-refractivity contribution < 1.29 is 23.8 Å². The van der Waals surface area contributed by atoms with Crippen LogP contribution in [0.4, 0.5) is 4.79 Å². The Morgan fingerprint density at radius 2 is 1.70 bits per heavy atom. The first-order valence-electron chi connectivity index (χ1n) is 7.79. The summed E-state index contributed by atoms with van der Waals surface area (Å²) in [5.74, 6) is -0.394. The van der Waals surface area contributed by atoms with Crippen LogP contribution in [0.5, 0.6) is 0 Å². The Morgan fingerprint density at radius 1 is 1.09 bits per heavy atom. The van der Waals surface area contributed by atoms with E-state index in [-0.39, 0.29) is 12.7 Å². The van der Waals surface area contributed by atoms with Crippen molar-refractivity contribution in [3.8, 4) is 0 Å². The summed E-state index contributed by atoms with van der Waals surface area (Å²) in [4.78, 5) is 23.1. The van der Waals surface area contributed by atoms with Crippen LogP contribution in [0.2, 0.25) is 5.02 Å². The molecule has 0 saturated heterocycles. The third kappa shape index (κ3) is 8.45. The molecule has 0 bridgehead atoms. The Balaban J connectivity index is 2.16. The molecule has 0 fully saturated rings. The zero-order valence-corrected chi connectivity index (χ0v) is 14.3. The second-order valence-electron chi connectivity index (χ2n) is 5.17. The van der Waals surface area contributed by atoms with Gasteiger partial charge in [0.2, 0.25) is 0 Å². The maximum Gasteiger partial charge on any atom is 0.508 e. The minimum atomic E-state index is -0.649. The van der Waals surface area contributed by atoms with Crippen LogP contribution < -0.4 is 0 Å². The molecular weight excluding hydrogens is 320 g/mol. The Kier molecular flexibility index (Phi) is 9.14. The minimum absolute atomic E-state index is 0.244. The third-order valence-corrected chi connectivity index (χ3v) is 3.33. The number of esters is 1. The minimum Gasteiger partial charge on any atom is -0.459 e. The normalized spacial score (nSPS) is 11.6. The van der Waals surface area contributed by atoms with E-state index in [2.05, 4.69) is 0 Å². The number of hydrogen-bond donors (Lipinski definition) is 0. The first-order valence-corrected chi connectivity index (χ1v) is 8.16. The van der Waals surface area contributed by atoms with Gasteiger partial charge < -0.3 is 14.2 Å². The molecule has 23 heavy (non-hydrogen) atoms. The highest BCUT2D eigenvalue weighted by Gasteiger charge is 2.12. The fourth-order valence-corrected chi connectivity index (χ4v) is 1.89. The standard InChI is InChI=1S/C17H23ClO5/c1-3-4-11-21-17(20)22-12-5-6-13(2)23-16(19)14-7-9-15(18)10-8-14/h7-10,13H,3-6,11-12H2,1-2H3. The second-order valence-corrected chi connectivity index (χ2v) is 5.60. The highest BCUT2D eigenvalue weighted by Crippen LogP contribution is 2.12. The number of hydrogen-bond acceptors (Lipinski definition) is 5. The number of benzene rings is 1. The summed E-state index contributed by atoms with van der Waals surface area (Å²) < 4.78 is 15.1. The molecule has 0 aliphatic rings. The lowest BCUT2D eigenvalue weighted by Crippen LogP contribution is -2.16. The van der Waals surface area contributed by atoms with Gasteiger partial charge >= 0.3 is 12.1 Å². The molecule has 1 atom stereocenters. The Morgan fingerprint density at radius 3 is 2.30 bits per heavy atom. The van der Waals surface area contributed by atoms with Crippen molar-refractivity contribution in [3.05, 3.63) is 34.9 Å². The molecule has 0 aliphatic heterocycles. The topological polar surface area (TPSA) is 61.8 Å². The maximum atomic E-state index is 11.9. The number of ether oxygens (including phenoxy) is 3. The van der Waals surface area contributed by atoms with Crippen molar-refractivity contribution in [2.75, 3.05) is 13.2 Å². The molecule has 1 unspecified atom stereocenters. The fraction of sp³-hybridized carbons (Fsp3) is 0.529. The van der Waals surface area contributed by atoms with Gasteiger partial charge in [-0.2, -0.15) is 0 Å². The van der Waals surface area contributed by atoms with Crippen LogP contribution in [-0.4, -0.2) is 31.4 Å². The largest absolute Gasteiger partial charge is 0.508 e. The van der Waals surface area contributed by atoms with Crippen molar-refractivity contribution in [2.45, 2.75) is 45.6 Å². The molecule has 1 rings (SSSR count). The van der Waals surface area contributed by atoms with E-state index >= 15 is 0 Å². The van der Waals surface area contributed by atoms with E-state index in [4.69, 9.17) is 25.8 Å². The molecule has 0 aliphatic carbocycles. The zero-order valence-electron chi connectivity index (χ0n) is 13.5. The molecule has 6 heteroatoms. The number of rotatable bonds is 9. The molecule has 1 aromatic rings. The van der Waals surface area contributed by atoms with Gasteiger partial charge in [0.25, 0.3) is 0 Å². The summed E-state index contributed by atoms with van der Waals surface area (Å²) in [5, 5.41) is 0.567. The lowest BCUT2D eigenvalue weighted by Gasteiger charge is -2.13. The molecule has 0 spiro atoms. The van der Waals surface area contributed by atoms with Gasteiger partial charge in [-0.05, 0) is 50.5 Å². The summed E-state index contributed by atoms with van der Waals surface area (Å²) in [5.41, 5.74) is 0.456. The van der Waals surface area contributed by atoms with Crippen LogP contribution in [0, 0.1) is 0 Å². The molecular formula is C17H23ClO5. The van der Waals surface area contributed by atoms with Crippen LogP contribution in [0.3, 0.4) is 0 Å². The summed E-state index contributed by atoms with van der Waals surface area (Å²) in [7, 11) is 0. The molecule has 0 heterocycles. The predicted molar refractivity (Wildman–Crippen MR) is 87.8 cm³/mol. The number of carbonyl (C=O) groups excluding carboxylic acids is 2. The highest BCUT2D eigenvalue weighted by molar-refractivity contribution is 6.30. The first kappa shape index (κ1) is 19.3. The summed E-state index contributed by atoms with van der Waals surface area (Å²) >= 11 is 5.77. The van der Waals surface area contributed by atoms with Gasteiger partial charge in [-0.3, -0.25) is 0 Å². The molecule has 1 aromatic carbocycles. The van der Waals surface area contributed by atoms with E-state index in [0.717, 1.165) is 12.8 Å². The van der Waals surface area contributed by atoms with E-state index < -0.39 is 12.1 Å². The van der Waals surface area contributed by atoms with Crippen LogP contribution in [0.25, 0.3) is 0 Å². The van der Waals surface area contributed by atoms with Crippen molar-refractivity contribution >= 4 is 23.7 Å². The average Bonchev–Trinajstić information content (AvgIpc) is 2.52. The Labute approximate surface area is 141 Å². The van der Waals surface area contributed by atoms with Gasteiger partial charge in [0.05, 0.1) is 24.9 Å².